The summed E-state index contributed by atoms with van der Waals surface area (Å²) in [6.07, 6.45) is 3.57. The van der Waals surface area contributed by atoms with Gasteiger partial charge in [-0.15, -0.1) is 0 Å². The van der Waals surface area contributed by atoms with Crippen molar-refractivity contribution in [1.82, 2.24) is 0 Å². The number of anilines is 1. The van der Waals surface area contributed by atoms with Crippen LogP contribution in [0.5, 0.6) is 0 Å². The number of ether oxygens (including phenoxy) is 1. The molecule has 0 saturated heterocycles. The maximum Gasteiger partial charge on any atom is 0.0664 e. The van der Waals surface area contributed by atoms with Gasteiger partial charge in [0.1, 0.15) is 0 Å². The van der Waals surface area contributed by atoms with Crippen molar-refractivity contribution in [2.45, 2.75) is 46.1 Å². The summed E-state index contributed by atoms with van der Waals surface area (Å²) in [5.74, 6) is 0. The van der Waals surface area contributed by atoms with E-state index in [1.165, 1.54) is 24.1 Å². The van der Waals surface area contributed by atoms with Crippen LogP contribution in [0.1, 0.15) is 39.2 Å². The zero-order chi connectivity index (χ0) is 13.4. The van der Waals surface area contributed by atoms with Crippen LogP contribution in [0, 0.1) is 0 Å². The molecule has 1 aromatic carbocycles. The van der Waals surface area contributed by atoms with Crippen LogP contribution in [-0.4, -0.2) is 19.3 Å². The molecule has 0 amide bonds. The van der Waals surface area contributed by atoms with Crippen LogP contribution in [0.2, 0.25) is 0 Å². The number of rotatable bonds is 8. The molecule has 1 atom stereocenters. The first-order chi connectivity index (χ1) is 8.67. The lowest BCUT2D eigenvalue weighted by Gasteiger charge is -2.18. The van der Waals surface area contributed by atoms with Gasteiger partial charge in [0.05, 0.1) is 6.61 Å². The molecular weight excluding hydrogens is 290 g/mol. The first-order valence-corrected chi connectivity index (χ1v) is 7.59. The Morgan fingerprint density at radius 2 is 2.11 bits per heavy atom. The van der Waals surface area contributed by atoms with Gasteiger partial charge in [-0.1, -0.05) is 29.3 Å². The number of unbranched alkanes of at least 4 members (excludes halogenated alkanes) is 1. The SMILES string of the molecule is CCCCc1cc(Br)ccc1NC(C)COCC. The third-order valence-electron chi connectivity index (χ3n) is 2.84. The Morgan fingerprint density at radius 3 is 2.78 bits per heavy atom. The summed E-state index contributed by atoms with van der Waals surface area (Å²) in [6.45, 7) is 7.93. The van der Waals surface area contributed by atoms with Crippen molar-refractivity contribution in [2.24, 2.45) is 0 Å². The standard InChI is InChI=1S/C15H24BrNO/c1-4-6-7-13-10-14(16)8-9-15(13)17-12(3)11-18-5-2/h8-10,12,17H,4-7,11H2,1-3H3. The summed E-state index contributed by atoms with van der Waals surface area (Å²) >= 11 is 3.54. The van der Waals surface area contributed by atoms with Crippen molar-refractivity contribution in [2.75, 3.05) is 18.5 Å². The van der Waals surface area contributed by atoms with E-state index in [9.17, 15) is 0 Å². The van der Waals surface area contributed by atoms with Crippen molar-refractivity contribution in [1.29, 1.82) is 0 Å². The van der Waals surface area contributed by atoms with Gasteiger partial charge < -0.3 is 10.1 Å². The highest BCUT2D eigenvalue weighted by Crippen LogP contribution is 2.23. The summed E-state index contributed by atoms with van der Waals surface area (Å²) in [5.41, 5.74) is 2.62. The van der Waals surface area contributed by atoms with Crippen LogP contribution >= 0.6 is 15.9 Å². The van der Waals surface area contributed by atoms with E-state index in [1.807, 2.05) is 6.92 Å². The third kappa shape index (κ3) is 5.40. The minimum absolute atomic E-state index is 0.339. The van der Waals surface area contributed by atoms with E-state index < -0.39 is 0 Å². The molecule has 1 aromatic rings. The fourth-order valence-electron chi connectivity index (χ4n) is 1.88. The van der Waals surface area contributed by atoms with E-state index in [4.69, 9.17) is 4.74 Å². The molecule has 1 unspecified atom stereocenters. The molecule has 0 aliphatic rings. The van der Waals surface area contributed by atoms with Gasteiger partial charge in [0.2, 0.25) is 0 Å². The lowest BCUT2D eigenvalue weighted by Crippen LogP contribution is -2.22. The van der Waals surface area contributed by atoms with E-state index in [0.29, 0.717) is 6.04 Å². The van der Waals surface area contributed by atoms with Crippen LogP contribution in [0.25, 0.3) is 0 Å². The average molecular weight is 314 g/mol. The maximum absolute atomic E-state index is 5.44. The Balaban J connectivity index is 2.67. The first-order valence-electron chi connectivity index (χ1n) is 6.80. The van der Waals surface area contributed by atoms with Gasteiger partial charge in [-0.2, -0.15) is 0 Å². The molecule has 0 saturated carbocycles. The molecule has 0 aliphatic carbocycles. The second kappa shape index (κ2) is 8.54. The van der Waals surface area contributed by atoms with E-state index in [1.54, 1.807) is 0 Å². The summed E-state index contributed by atoms with van der Waals surface area (Å²) in [7, 11) is 0. The highest BCUT2D eigenvalue weighted by atomic mass is 79.9. The Kier molecular flexibility index (Phi) is 7.36. The fraction of sp³-hybridized carbons (Fsp3) is 0.600. The third-order valence-corrected chi connectivity index (χ3v) is 3.33. The van der Waals surface area contributed by atoms with Crippen molar-refractivity contribution >= 4 is 21.6 Å². The minimum Gasteiger partial charge on any atom is -0.380 e. The van der Waals surface area contributed by atoms with Crippen molar-refractivity contribution in [3.63, 3.8) is 0 Å². The largest absolute Gasteiger partial charge is 0.380 e. The highest BCUT2D eigenvalue weighted by Gasteiger charge is 2.07. The quantitative estimate of drug-likeness (QED) is 0.755. The number of halogens is 1. The zero-order valence-corrected chi connectivity index (χ0v) is 13.2. The predicted octanol–water partition coefficient (Wildman–Crippen LogP) is 4.63. The molecule has 0 bridgehead atoms. The molecule has 1 N–H and O–H groups in total. The Bertz CT molecular complexity index is 354. The molecule has 0 aliphatic heterocycles. The number of hydrogen-bond donors (Lipinski definition) is 1. The lowest BCUT2D eigenvalue weighted by molar-refractivity contribution is 0.141. The predicted molar refractivity (Wildman–Crippen MR) is 82.3 cm³/mol. The maximum atomic E-state index is 5.44. The van der Waals surface area contributed by atoms with Gasteiger partial charge >= 0.3 is 0 Å². The highest BCUT2D eigenvalue weighted by molar-refractivity contribution is 9.10. The molecule has 0 fully saturated rings. The van der Waals surface area contributed by atoms with E-state index in [0.717, 1.165) is 24.1 Å². The van der Waals surface area contributed by atoms with Crippen molar-refractivity contribution in [3.8, 4) is 0 Å². The molecule has 3 heteroatoms. The van der Waals surface area contributed by atoms with Gasteiger partial charge in [0, 0.05) is 22.8 Å². The van der Waals surface area contributed by atoms with E-state index >= 15 is 0 Å². The Morgan fingerprint density at radius 1 is 1.33 bits per heavy atom. The molecule has 18 heavy (non-hydrogen) atoms. The first kappa shape index (κ1) is 15.5. The van der Waals surface area contributed by atoms with Gasteiger partial charge in [-0.05, 0) is 50.5 Å². The second-order valence-corrected chi connectivity index (χ2v) is 5.53. The van der Waals surface area contributed by atoms with E-state index in [2.05, 4.69) is 53.3 Å². The Labute approximate surface area is 119 Å². The topological polar surface area (TPSA) is 21.3 Å². The molecule has 102 valence electrons. The van der Waals surface area contributed by atoms with Gasteiger partial charge in [0.15, 0.2) is 0 Å². The minimum atomic E-state index is 0.339. The lowest BCUT2D eigenvalue weighted by atomic mass is 10.1. The van der Waals surface area contributed by atoms with Gasteiger partial charge in [-0.3, -0.25) is 0 Å². The summed E-state index contributed by atoms with van der Waals surface area (Å²) in [6, 6.07) is 6.79. The zero-order valence-electron chi connectivity index (χ0n) is 11.6. The van der Waals surface area contributed by atoms with Crippen LogP contribution < -0.4 is 5.32 Å². The molecule has 1 rings (SSSR count). The molecule has 0 aromatic heterocycles. The van der Waals surface area contributed by atoms with Gasteiger partial charge in [0.25, 0.3) is 0 Å². The van der Waals surface area contributed by atoms with Crippen LogP contribution in [0.4, 0.5) is 5.69 Å². The molecule has 0 spiro atoms. The number of aryl methyl sites for hydroxylation is 1. The summed E-state index contributed by atoms with van der Waals surface area (Å²) in [4.78, 5) is 0. The molecule has 2 nitrogen and oxygen atoms in total. The number of hydrogen-bond acceptors (Lipinski definition) is 2. The smallest absolute Gasteiger partial charge is 0.0664 e. The van der Waals surface area contributed by atoms with Crippen molar-refractivity contribution < 1.29 is 4.74 Å². The number of benzene rings is 1. The van der Waals surface area contributed by atoms with E-state index in [-0.39, 0.29) is 0 Å². The fourth-order valence-corrected chi connectivity index (χ4v) is 2.29. The summed E-state index contributed by atoms with van der Waals surface area (Å²) < 4.78 is 6.59. The monoisotopic (exact) mass is 313 g/mol. The van der Waals surface area contributed by atoms with Crippen molar-refractivity contribution in [3.05, 3.63) is 28.2 Å². The molecular formula is C15H24BrNO. The van der Waals surface area contributed by atoms with Crippen LogP contribution in [0.15, 0.2) is 22.7 Å². The molecule has 0 radical (unpaired) electrons. The second-order valence-electron chi connectivity index (χ2n) is 4.61. The molecule has 0 heterocycles. The normalized spacial score (nSPS) is 12.4. The Hall–Kier alpha value is -0.540. The van der Waals surface area contributed by atoms with Crippen LogP contribution in [-0.2, 0) is 11.2 Å². The van der Waals surface area contributed by atoms with Crippen LogP contribution in [0.3, 0.4) is 0 Å². The summed E-state index contributed by atoms with van der Waals surface area (Å²) in [5, 5.41) is 3.54. The average Bonchev–Trinajstić information content (AvgIpc) is 2.36. The number of nitrogens with one attached hydrogen (secondary N) is 1. The van der Waals surface area contributed by atoms with Gasteiger partial charge in [-0.25, -0.2) is 0 Å².